The van der Waals surface area contributed by atoms with Crippen LogP contribution in [0.3, 0.4) is 0 Å². The molecule has 0 atom stereocenters. The zero-order valence-corrected chi connectivity index (χ0v) is 13.7. The summed E-state index contributed by atoms with van der Waals surface area (Å²) in [5.74, 6) is 1.09. The number of hydrogen-bond acceptors (Lipinski definition) is 1. The van der Waals surface area contributed by atoms with Crippen LogP contribution in [-0.2, 0) is 6.42 Å². The number of halogens is 3. The largest absolute Gasteiger partial charge is 0.295 e. The molecule has 0 aliphatic heterocycles. The predicted molar refractivity (Wildman–Crippen MR) is 87.9 cm³/mol. The predicted octanol–water partition coefficient (Wildman–Crippen LogP) is 5.02. The van der Waals surface area contributed by atoms with Crippen LogP contribution in [0, 0.1) is 12.7 Å². The van der Waals surface area contributed by atoms with Crippen LogP contribution in [0.25, 0.3) is 16.7 Å². The molecular weight excluding hydrogens is 355 g/mol. The molecule has 0 radical (unpaired) electrons. The van der Waals surface area contributed by atoms with Gasteiger partial charge in [0.2, 0.25) is 0 Å². The summed E-state index contributed by atoms with van der Waals surface area (Å²) in [4.78, 5) is 4.67. The molecule has 21 heavy (non-hydrogen) atoms. The molecule has 1 aromatic heterocycles. The van der Waals surface area contributed by atoms with Crippen LogP contribution in [0.2, 0.25) is 0 Å². The van der Waals surface area contributed by atoms with Crippen LogP contribution in [0.4, 0.5) is 4.39 Å². The molecular formula is C16H13BrClFN2. The molecule has 2 nitrogen and oxygen atoms in total. The van der Waals surface area contributed by atoms with Crippen molar-refractivity contribution in [3.8, 4) is 5.69 Å². The zero-order chi connectivity index (χ0) is 15.0. The highest BCUT2D eigenvalue weighted by Crippen LogP contribution is 2.28. The highest BCUT2D eigenvalue weighted by atomic mass is 79.9. The maximum Gasteiger partial charge on any atom is 0.124 e. The smallest absolute Gasteiger partial charge is 0.124 e. The SMILES string of the molecule is Cc1ccc2c(c1)nc(CCCl)n2-c1ccc(F)cc1Br. The third-order valence-corrected chi connectivity index (χ3v) is 4.17. The minimum atomic E-state index is -0.273. The number of imidazole rings is 1. The number of fused-ring (bicyclic) bond motifs is 1. The maximum atomic E-state index is 13.3. The van der Waals surface area contributed by atoms with Gasteiger partial charge in [0.25, 0.3) is 0 Å². The van der Waals surface area contributed by atoms with E-state index in [0.29, 0.717) is 16.8 Å². The number of hydrogen-bond donors (Lipinski definition) is 0. The van der Waals surface area contributed by atoms with Crippen molar-refractivity contribution >= 4 is 38.6 Å². The third-order valence-electron chi connectivity index (χ3n) is 3.35. The van der Waals surface area contributed by atoms with Gasteiger partial charge in [-0.2, -0.15) is 0 Å². The Morgan fingerprint density at radius 1 is 1.24 bits per heavy atom. The first kappa shape index (κ1) is 14.5. The molecule has 108 valence electrons. The second-order valence-corrected chi connectivity index (χ2v) is 6.12. The van der Waals surface area contributed by atoms with Gasteiger partial charge in [0.15, 0.2) is 0 Å². The van der Waals surface area contributed by atoms with Crippen molar-refractivity contribution in [2.75, 3.05) is 5.88 Å². The molecule has 0 spiro atoms. The minimum Gasteiger partial charge on any atom is -0.295 e. The molecule has 0 bridgehead atoms. The molecule has 0 fully saturated rings. The molecule has 0 unspecified atom stereocenters. The Labute approximate surface area is 135 Å². The van der Waals surface area contributed by atoms with Gasteiger partial charge in [0.1, 0.15) is 11.6 Å². The summed E-state index contributed by atoms with van der Waals surface area (Å²) in [6.07, 6.45) is 0.652. The summed E-state index contributed by atoms with van der Waals surface area (Å²) in [6.45, 7) is 2.04. The summed E-state index contributed by atoms with van der Waals surface area (Å²) in [5.41, 5.74) is 3.94. The summed E-state index contributed by atoms with van der Waals surface area (Å²) in [7, 11) is 0. The Morgan fingerprint density at radius 3 is 2.76 bits per heavy atom. The quantitative estimate of drug-likeness (QED) is 0.595. The van der Waals surface area contributed by atoms with Crippen molar-refractivity contribution in [2.45, 2.75) is 13.3 Å². The van der Waals surface area contributed by atoms with E-state index >= 15 is 0 Å². The van der Waals surface area contributed by atoms with Gasteiger partial charge < -0.3 is 0 Å². The minimum absolute atomic E-state index is 0.273. The van der Waals surface area contributed by atoms with E-state index in [1.54, 1.807) is 6.07 Å². The van der Waals surface area contributed by atoms with E-state index in [1.165, 1.54) is 12.1 Å². The zero-order valence-electron chi connectivity index (χ0n) is 11.4. The van der Waals surface area contributed by atoms with Gasteiger partial charge in [-0.1, -0.05) is 6.07 Å². The lowest BCUT2D eigenvalue weighted by Gasteiger charge is -2.11. The molecule has 0 saturated heterocycles. The van der Waals surface area contributed by atoms with Crippen molar-refractivity contribution in [3.63, 3.8) is 0 Å². The van der Waals surface area contributed by atoms with Crippen LogP contribution in [0.15, 0.2) is 40.9 Å². The van der Waals surface area contributed by atoms with E-state index < -0.39 is 0 Å². The van der Waals surface area contributed by atoms with Crippen molar-refractivity contribution in [3.05, 3.63) is 58.1 Å². The summed E-state index contributed by atoms with van der Waals surface area (Å²) in [6, 6.07) is 10.8. The molecule has 0 N–H and O–H groups in total. The number of aromatic nitrogens is 2. The molecule has 3 aromatic rings. The maximum absolute atomic E-state index is 13.3. The van der Waals surface area contributed by atoms with Crippen LogP contribution in [0.5, 0.6) is 0 Å². The van der Waals surface area contributed by atoms with E-state index in [9.17, 15) is 4.39 Å². The fraction of sp³-hybridized carbons (Fsp3) is 0.188. The van der Waals surface area contributed by atoms with Crippen molar-refractivity contribution in [2.24, 2.45) is 0 Å². The van der Waals surface area contributed by atoms with Gasteiger partial charge in [0, 0.05) is 16.8 Å². The lowest BCUT2D eigenvalue weighted by atomic mass is 10.2. The van der Waals surface area contributed by atoms with E-state index in [-0.39, 0.29) is 5.82 Å². The Bertz CT molecular complexity index is 813. The molecule has 0 amide bonds. The lowest BCUT2D eigenvalue weighted by molar-refractivity contribution is 0.626. The van der Waals surface area contributed by atoms with Gasteiger partial charge in [-0.3, -0.25) is 4.57 Å². The van der Waals surface area contributed by atoms with Gasteiger partial charge in [-0.05, 0) is 58.7 Å². The molecule has 0 saturated carbocycles. The van der Waals surface area contributed by atoms with E-state index in [2.05, 4.69) is 20.9 Å². The van der Waals surface area contributed by atoms with Crippen molar-refractivity contribution < 1.29 is 4.39 Å². The molecule has 1 heterocycles. The van der Waals surface area contributed by atoms with Gasteiger partial charge in [0.05, 0.1) is 16.7 Å². The number of rotatable bonds is 3. The van der Waals surface area contributed by atoms with E-state index in [1.807, 2.05) is 29.7 Å². The fourth-order valence-electron chi connectivity index (χ4n) is 2.42. The lowest BCUT2D eigenvalue weighted by Crippen LogP contribution is -2.03. The molecule has 5 heteroatoms. The third kappa shape index (κ3) is 2.70. The fourth-order valence-corrected chi connectivity index (χ4v) is 3.12. The normalized spacial score (nSPS) is 11.2. The molecule has 0 aliphatic carbocycles. The van der Waals surface area contributed by atoms with Crippen LogP contribution >= 0.6 is 27.5 Å². The van der Waals surface area contributed by atoms with E-state index in [4.69, 9.17) is 11.6 Å². The standard InChI is InChI=1S/C16H13BrClFN2/c1-10-2-4-15-13(8-10)20-16(6-7-18)21(15)14-5-3-11(19)9-12(14)17/h2-5,8-9H,6-7H2,1H3. The highest BCUT2D eigenvalue weighted by molar-refractivity contribution is 9.10. The average Bonchev–Trinajstić information content (AvgIpc) is 2.76. The summed E-state index contributed by atoms with van der Waals surface area (Å²) >= 11 is 9.33. The second kappa shape index (κ2) is 5.78. The number of aryl methyl sites for hydroxylation is 2. The number of benzene rings is 2. The Balaban J connectivity index is 2.30. The molecule has 2 aromatic carbocycles. The molecule has 0 aliphatic rings. The summed E-state index contributed by atoms with van der Waals surface area (Å²) < 4.78 is 16.0. The summed E-state index contributed by atoms with van der Waals surface area (Å²) in [5, 5.41) is 0. The average molecular weight is 368 g/mol. The Kier molecular flexibility index (Phi) is 4.00. The van der Waals surface area contributed by atoms with Gasteiger partial charge in [-0.25, -0.2) is 9.37 Å². The van der Waals surface area contributed by atoms with Crippen molar-refractivity contribution in [1.82, 2.24) is 9.55 Å². The van der Waals surface area contributed by atoms with Crippen LogP contribution < -0.4 is 0 Å². The topological polar surface area (TPSA) is 17.8 Å². The molecule has 3 rings (SSSR count). The van der Waals surface area contributed by atoms with Crippen molar-refractivity contribution in [1.29, 1.82) is 0 Å². The van der Waals surface area contributed by atoms with Crippen LogP contribution in [0.1, 0.15) is 11.4 Å². The number of alkyl halides is 1. The Morgan fingerprint density at radius 2 is 2.05 bits per heavy atom. The van der Waals surface area contributed by atoms with Gasteiger partial charge in [-0.15, -0.1) is 11.6 Å². The number of nitrogens with zero attached hydrogens (tertiary/aromatic N) is 2. The first-order valence-electron chi connectivity index (χ1n) is 6.59. The first-order valence-corrected chi connectivity index (χ1v) is 7.92. The first-order chi connectivity index (χ1) is 10.1. The van der Waals surface area contributed by atoms with E-state index in [0.717, 1.165) is 28.1 Å². The monoisotopic (exact) mass is 366 g/mol. The second-order valence-electron chi connectivity index (χ2n) is 4.89. The van der Waals surface area contributed by atoms with Gasteiger partial charge >= 0.3 is 0 Å². The highest BCUT2D eigenvalue weighted by Gasteiger charge is 2.14. The van der Waals surface area contributed by atoms with Crippen LogP contribution in [-0.4, -0.2) is 15.4 Å². The Hall–Kier alpha value is -1.39.